The summed E-state index contributed by atoms with van der Waals surface area (Å²) in [4.78, 5) is 0. The minimum Gasteiger partial charge on any atom is -0.444 e. The molecule has 0 aliphatic heterocycles. The maximum absolute atomic E-state index is 9.08. The van der Waals surface area contributed by atoms with Gasteiger partial charge >= 0.3 is 0 Å². The monoisotopic (exact) mass is 285 g/mol. The van der Waals surface area contributed by atoms with Crippen molar-refractivity contribution in [3.63, 3.8) is 0 Å². The molecule has 2 nitrogen and oxygen atoms in total. The van der Waals surface area contributed by atoms with Crippen molar-refractivity contribution in [1.82, 2.24) is 0 Å². The summed E-state index contributed by atoms with van der Waals surface area (Å²) in [6.07, 6.45) is 2.09. The molecule has 0 amide bonds. The van der Waals surface area contributed by atoms with E-state index in [0.717, 1.165) is 18.4 Å². The van der Waals surface area contributed by atoms with E-state index in [1.165, 1.54) is 6.07 Å². The quantitative estimate of drug-likeness (QED) is 0.680. The molecule has 86 valence electrons. The average Bonchev–Trinajstić information content (AvgIpc) is 3.06. The van der Waals surface area contributed by atoms with Crippen molar-refractivity contribution in [1.29, 1.82) is 5.26 Å². The van der Waals surface area contributed by atoms with E-state index in [1.807, 2.05) is 0 Å². The van der Waals surface area contributed by atoms with Crippen LogP contribution in [-0.2, 0) is 0 Å². The molecule has 3 rings (SSSR count). The summed E-state index contributed by atoms with van der Waals surface area (Å²) in [6.45, 7) is 0. The Labute approximate surface area is 113 Å². The number of hydrogen-bond acceptors (Lipinski definition) is 2. The molecule has 0 bridgehead atoms. The van der Waals surface area contributed by atoms with Gasteiger partial charge in [-0.15, -0.1) is 0 Å². The summed E-state index contributed by atoms with van der Waals surface area (Å²) in [7, 11) is 0. The summed E-state index contributed by atoms with van der Waals surface area (Å²) in [6, 6.07) is 3.59. The van der Waals surface area contributed by atoms with Crippen molar-refractivity contribution < 1.29 is 4.42 Å². The van der Waals surface area contributed by atoms with Gasteiger partial charge in [0, 0.05) is 10.9 Å². The summed E-state index contributed by atoms with van der Waals surface area (Å²) in [5.41, 5.74) is 1.32. The van der Waals surface area contributed by atoms with Crippen LogP contribution in [-0.4, -0.2) is 0 Å². The Kier molecular flexibility index (Phi) is 2.52. The summed E-state index contributed by atoms with van der Waals surface area (Å²) < 4.78 is 5.48. The average molecular weight is 287 g/mol. The first-order valence-electron chi connectivity index (χ1n) is 5.13. The van der Waals surface area contributed by atoms with E-state index < -0.39 is 0 Å². The topological polar surface area (TPSA) is 36.9 Å². The van der Waals surface area contributed by atoms with E-state index >= 15 is 0 Å². The predicted molar refractivity (Wildman–Crippen MR) is 67.9 cm³/mol. The second kappa shape index (κ2) is 3.81. The molecule has 0 atom stereocenters. The van der Waals surface area contributed by atoms with Gasteiger partial charge in [-0.1, -0.05) is 34.8 Å². The molecule has 1 aliphatic rings. The standard InChI is InChI=1S/C12H6Cl3NO/c13-6-3-7(14)12-10(11(6)15)9(5-1-2-5)8(4-16)17-12/h3,5H,1-2H2. The Hall–Kier alpha value is -0.880. The molecule has 1 saturated carbocycles. The molecule has 1 fully saturated rings. The predicted octanol–water partition coefficient (Wildman–Crippen LogP) is 5.14. The molecule has 0 spiro atoms. The van der Waals surface area contributed by atoms with E-state index in [0.29, 0.717) is 37.7 Å². The van der Waals surface area contributed by atoms with Crippen molar-refractivity contribution >= 4 is 45.8 Å². The SMILES string of the molecule is N#Cc1oc2c(Cl)cc(Cl)c(Cl)c2c1C1CC1. The van der Waals surface area contributed by atoms with Gasteiger partial charge in [0.15, 0.2) is 5.58 Å². The lowest BCUT2D eigenvalue weighted by molar-refractivity contribution is 0.594. The Morgan fingerprint density at radius 2 is 1.94 bits per heavy atom. The molecule has 1 heterocycles. The van der Waals surface area contributed by atoms with Gasteiger partial charge in [-0.25, -0.2) is 0 Å². The molecule has 0 radical (unpaired) electrons. The Morgan fingerprint density at radius 3 is 2.53 bits per heavy atom. The zero-order valence-electron chi connectivity index (χ0n) is 8.56. The van der Waals surface area contributed by atoms with Crippen LogP contribution in [0.2, 0.25) is 15.1 Å². The van der Waals surface area contributed by atoms with Gasteiger partial charge in [0.2, 0.25) is 5.76 Å². The lowest BCUT2D eigenvalue weighted by Crippen LogP contribution is -1.82. The third kappa shape index (κ3) is 1.62. The van der Waals surface area contributed by atoms with Crippen LogP contribution in [0.3, 0.4) is 0 Å². The number of rotatable bonds is 1. The third-order valence-electron chi connectivity index (χ3n) is 2.93. The maximum atomic E-state index is 9.08. The molecule has 17 heavy (non-hydrogen) atoms. The van der Waals surface area contributed by atoms with E-state index in [4.69, 9.17) is 44.5 Å². The minimum absolute atomic E-state index is 0.300. The molecule has 0 saturated heterocycles. The van der Waals surface area contributed by atoms with E-state index in [-0.39, 0.29) is 0 Å². The van der Waals surface area contributed by atoms with E-state index in [1.54, 1.807) is 0 Å². The van der Waals surface area contributed by atoms with Gasteiger partial charge in [-0.05, 0) is 24.8 Å². The van der Waals surface area contributed by atoms with Crippen molar-refractivity contribution in [2.45, 2.75) is 18.8 Å². The number of hydrogen-bond donors (Lipinski definition) is 0. The second-order valence-electron chi connectivity index (χ2n) is 4.09. The number of fused-ring (bicyclic) bond motifs is 1. The number of furan rings is 1. The zero-order chi connectivity index (χ0) is 12.2. The van der Waals surface area contributed by atoms with Crippen LogP contribution in [0.1, 0.15) is 30.1 Å². The van der Waals surface area contributed by atoms with E-state index in [9.17, 15) is 0 Å². The molecule has 1 aromatic carbocycles. The van der Waals surface area contributed by atoms with Crippen molar-refractivity contribution in [2.24, 2.45) is 0 Å². The Morgan fingerprint density at radius 1 is 1.24 bits per heavy atom. The maximum Gasteiger partial charge on any atom is 0.208 e. The fraction of sp³-hybridized carbons (Fsp3) is 0.250. The smallest absolute Gasteiger partial charge is 0.208 e. The van der Waals surface area contributed by atoms with Gasteiger partial charge in [0.1, 0.15) is 6.07 Å². The Balaban J connectivity index is 2.47. The van der Waals surface area contributed by atoms with Gasteiger partial charge in [0.05, 0.1) is 15.1 Å². The van der Waals surface area contributed by atoms with Crippen LogP contribution in [0, 0.1) is 11.3 Å². The molecule has 5 heteroatoms. The zero-order valence-corrected chi connectivity index (χ0v) is 10.8. The number of nitrogens with zero attached hydrogens (tertiary/aromatic N) is 1. The summed E-state index contributed by atoms with van der Waals surface area (Å²) in [5.74, 6) is 0.645. The second-order valence-corrected chi connectivity index (χ2v) is 5.28. The lowest BCUT2D eigenvalue weighted by atomic mass is 10.1. The van der Waals surface area contributed by atoms with Crippen molar-refractivity contribution in [3.8, 4) is 6.07 Å². The van der Waals surface area contributed by atoms with Crippen LogP contribution in [0.4, 0.5) is 0 Å². The van der Waals surface area contributed by atoms with Crippen LogP contribution in [0.15, 0.2) is 10.5 Å². The highest BCUT2D eigenvalue weighted by Gasteiger charge is 2.33. The fourth-order valence-electron chi connectivity index (χ4n) is 2.03. The number of halogens is 3. The van der Waals surface area contributed by atoms with Gasteiger partial charge in [-0.3, -0.25) is 0 Å². The lowest BCUT2D eigenvalue weighted by Gasteiger charge is -2.01. The highest BCUT2D eigenvalue weighted by Crippen LogP contribution is 2.50. The molecular weight excluding hydrogens is 280 g/mol. The van der Waals surface area contributed by atoms with Gasteiger partial charge in [0.25, 0.3) is 0 Å². The largest absolute Gasteiger partial charge is 0.444 e. The van der Waals surface area contributed by atoms with Gasteiger partial charge < -0.3 is 4.42 Å². The van der Waals surface area contributed by atoms with Crippen LogP contribution >= 0.6 is 34.8 Å². The van der Waals surface area contributed by atoms with Crippen molar-refractivity contribution in [2.75, 3.05) is 0 Å². The van der Waals surface area contributed by atoms with Crippen molar-refractivity contribution in [3.05, 3.63) is 32.5 Å². The Bertz CT molecular complexity index is 665. The van der Waals surface area contributed by atoms with E-state index in [2.05, 4.69) is 6.07 Å². The summed E-state index contributed by atoms with van der Waals surface area (Å²) in [5, 5.41) is 11.0. The van der Waals surface area contributed by atoms with Crippen LogP contribution in [0.5, 0.6) is 0 Å². The third-order valence-corrected chi connectivity index (χ3v) is 4.00. The molecule has 1 aromatic heterocycles. The molecular formula is C12H6Cl3NO. The summed E-state index contributed by atoms with van der Waals surface area (Å²) >= 11 is 18.2. The first kappa shape index (κ1) is 11.2. The molecule has 0 N–H and O–H groups in total. The van der Waals surface area contributed by atoms with Gasteiger partial charge in [-0.2, -0.15) is 5.26 Å². The number of nitriles is 1. The normalized spacial score (nSPS) is 15.2. The van der Waals surface area contributed by atoms with Crippen LogP contribution in [0.25, 0.3) is 11.0 Å². The van der Waals surface area contributed by atoms with Crippen LogP contribution < -0.4 is 0 Å². The highest BCUT2D eigenvalue weighted by atomic mass is 35.5. The fourth-order valence-corrected chi connectivity index (χ4v) is 2.78. The molecule has 0 unspecified atom stereocenters. The number of benzene rings is 1. The molecule has 1 aliphatic carbocycles. The first-order chi connectivity index (χ1) is 8.13. The first-order valence-corrected chi connectivity index (χ1v) is 6.27. The molecule has 2 aromatic rings. The minimum atomic E-state index is 0.300. The highest BCUT2D eigenvalue weighted by molar-refractivity contribution is 6.47.